The Morgan fingerprint density at radius 1 is 0.929 bits per heavy atom. The van der Waals surface area contributed by atoms with Gasteiger partial charge in [-0.2, -0.15) is 0 Å². The fourth-order valence-corrected chi connectivity index (χ4v) is 5.03. The molecular formula is C22H18BrNO3S. The van der Waals surface area contributed by atoms with Crippen molar-refractivity contribution in [3.8, 4) is 5.75 Å². The molecule has 6 heteroatoms. The smallest absolute Gasteiger partial charge is 0.268 e. The third kappa shape index (κ3) is 3.45. The second-order valence-corrected chi connectivity index (χ2v) is 9.14. The lowest BCUT2D eigenvalue weighted by molar-refractivity contribution is 0.298. The van der Waals surface area contributed by atoms with Gasteiger partial charge in [-0.3, -0.25) is 0 Å². The average Bonchev–Trinajstić information content (AvgIpc) is 3.07. The monoisotopic (exact) mass is 455 g/mol. The molecule has 0 amide bonds. The van der Waals surface area contributed by atoms with Crippen molar-refractivity contribution < 1.29 is 13.2 Å². The maximum atomic E-state index is 13.4. The highest BCUT2D eigenvalue weighted by Crippen LogP contribution is 2.29. The number of aryl methyl sites for hydroxylation is 1. The molecule has 0 saturated heterocycles. The molecule has 0 bridgehead atoms. The van der Waals surface area contributed by atoms with E-state index in [1.807, 2.05) is 61.5 Å². The third-order valence-electron chi connectivity index (χ3n) is 4.51. The molecule has 0 fully saturated rings. The number of rotatable bonds is 5. The van der Waals surface area contributed by atoms with Crippen LogP contribution in [0.4, 0.5) is 0 Å². The number of fused-ring (bicyclic) bond motifs is 1. The van der Waals surface area contributed by atoms with Crippen molar-refractivity contribution in [2.75, 3.05) is 0 Å². The number of hydrogen-bond donors (Lipinski definition) is 0. The summed E-state index contributed by atoms with van der Waals surface area (Å²) in [7, 11) is -3.76. The van der Waals surface area contributed by atoms with E-state index in [2.05, 4.69) is 15.9 Å². The van der Waals surface area contributed by atoms with Crippen LogP contribution >= 0.6 is 15.9 Å². The fraction of sp³-hybridized carbons (Fsp3) is 0.0909. The number of para-hydroxylation sites is 2. The number of ether oxygens (including phenoxy) is 1. The molecule has 28 heavy (non-hydrogen) atoms. The molecule has 1 aromatic heterocycles. The van der Waals surface area contributed by atoms with Crippen LogP contribution in [0.1, 0.15) is 11.3 Å². The predicted octanol–water partition coefficient (Wildman–Crippen LogP) is 5.53. The highest BCUT2D eigenvalue weighted by molar-refractivity contribution is 9.10. The van der Waals surface area contributed by atoms with Gasteiger partial charge in [0.15, 0.2) is 0 Å². The molecule has 142 valence electrons. The quantitative estimate of drug-likeness (QED) is 0.397. The van der Waals surface area contributed by atoms with Crippen LogP contribution in [-0.4, -0.2) is 12.4 Å². The zero-order valence-electron chi connectivity index (χ0n) is 15.2. The van der Waals surface area contributed by atoms with Crippen LogP contribution in [0.15, 0.2) is 88.2 Å². The molecular weight excluding hydrogens is 438 g/mol. The van der Waals surface area contributed by atoms with Gasteiger partial charge < -0.3 is 4.74 Å². The van der Waals surface area contributed by atoms with Gasteiger partial charge in [0, 0.05) is 5.39 Å². The highest BCUT2D eigenvalue weighted by Gasteiger charge is 2.23. The fourth-order valence-electron chi connectivity index (χ4n) is 3.10. The van der Waals surface area contributed by atoms with Gasteiger partial charge in [-0.25, -0.2) is 12.4 Å². The van der Waals surface area contributed by atoms with Crippen molar-refractivity contribution in [1.29, 1.82) is 0 Å². The molecule has 1 heterocycles. The highest BCUT2D eigenvalue weighted by atomic mass is 79.9. The van der Waals surface area contributed by atoms with E-state index in [-0.39, 0.29) is 11.5 Å². The molecule has 4 aromatic rings. The van der Waals surface area contributed by atoms with E-state index in [4.69, 9.17) is 4.74 Å². The van der Waals surface area contributed by atoms with Gasteiger partial charge in [0.1, 0.15) is 12.4 Å². The normalized spacial score (nSPS) is 11.6. The number of benzene rings is 3. The minimum Gasteiger partial charge on any atom is -0.486 e. The Hall–Kier alpha value is -2.57. The molecule has 0 unspecified atom stereocenters. The van der Waals surface area contributed by atoms with Gasteiger partial charge in [0.2, 0.25) is 0 Å². The van der Waals surface area contributed by atoms with Gasteiger partial charge >= 0.3 is 0 Å². The summed E-state index contributed by atoms with van der Waals surface area (Å²) in [4.78, 5) is 0.251. The Morgan fingerprint density at radius 2 is 1.61 bits per heavy atom. The minimum absolute atomic E-state index is 0.127. The molecule has 0 radical (unpaired) electrons. The SMILES string of the molecule is Cc1ccc(S(=O)(=O)n2c(COc3ccccc3Br)cc3ccccc32)cc1. The van der Waals surface area contributed by atoms with E-state index < -0.39 is 10.0 Å². The van der Waals surface area contributed by atoms with Crippen molar-refractivity contribution in [3.05, 3.63) is 94.6 Å². The number of nitrogens with zero attached hydrogens (tertiary/aromatic N) is 1. The van der Waals surface area contributed by atoms with Gasteiger partial charge in [0.05, 0.1) is 20.6 Å². The molecule has 0 aliphatic heterocycles. The van der Waals surface area contributed by atoms with E-state index in [0.717, 1.165) is 15.4 Å². The van der Waals surface area contributed by atoms with Crippen LogP contribution in [0.25, 0.3) is 10.9 Å². The van der Waals surface area contributed by atoms with E-state index in [0.29, 0.717) is 17.0 Å². The van der Waals surface area contributed by atoms with E-state index >= 15 is 0 Å². The first-order valence-electron chi connectivity index (χ1n) is 8.76. The minimum atomic E-state index is -3.76. The first kappa shape index (κ1) is 18.8. The van der Waals surface area contributed by atoms with Crippen LogP contribution in [-0.2, 0) is 16.6 Å². The average molecular weight is 456 g/mol. The number of halogens is 1. The summed E-state index contributed by atoms with van der Waals surface area (Å²) in [6.45, 7) is 2.06. The lowest BCUT2D eigenvalue weighted by atomic mass is 10.2. The lowest BCUT2D eigenvalue weighted by Crippen LogP contribution is -2.17. The molecule has 3 aromatic carbocycles. The second-order valence-electron chi connectivity index (χ2n) is 6.50. The Kier molecular flexibility index (Phi) is 5.00. The molecule has 0 aliphatic carbocycles. The van der Waals surface area contributed by atoms with Crippen molar-refractivity contribution in [2.45, 2.75) is 18.4 Å². The van der Waals surface area contributed by atoms with Gasteiger partial charge in [-0.1, -0.05) is 48.0 Å². The Labute approximate surface area is 172 Å². The van der Waals surface area contributed by atoms with E-state index in [1.165, 1.54) is 3.97 Å². The van der Waals surface area contributed by atoms with Crippen LogP contribution in [0, 0.1) is 6.92 Å². The summed E-state index contributed by atoms with van der Waals surface area (Å²) < 4.78 is 34.9. The molecule has 4 rings (SSSR count). The second kappa shape index (κ2) is 7.45. The van der Waals surface area contributed by atoms with Crippen LogP contribution < -0.4 is 4.74 Å². The van der Waals surface area contributed by atoms with Gasteiger partial charge in [0.25, 0.3) is 10.0 Å². The molecule has 0 atom stereocenters. The summed E-state index contributed by atoms with van der Waals surface area (Å²) in [6, 6.07) is 23.7. The molecule has 0 aliphatic rings. The largest absolute Gasteiger partial charge is 0.486 e. The Morgan fingerprint density at radius 3 is 2.36 bits per heavy atom. The van der Waals surface area contributed by atoms with E-state index in [1.54, 1.807) is 24.3 Å². The third-order valence-corrected chi connectivity index (χ3v) is 6.94. The zero-order chi connectivity index (χ0) is 19.7. The first-order valence-corrected chi connectivity index (χ1v) is 11.0. The first-order chi connectivity index (χ1) is 13.5. The number of aromatic nitrogens is 1. The lowest BCUT2D eigenvalue weighted by Gasteiger charge is -2.13. The molecule has 4 nitrogen and oxygen atoms in total. The van der Waals surface area contributed by atoms with Crippen LogP contribution in [0.5, 0.6) is 5.75 Å². The van der Waals surface area contributed by atoms with Gasteiger partial charge in [-0.15, -0.1) is 0 Å². The number of hydrogen-bond acceptors (Lipinski definition) is 3. The molecule has 0 spiro atoms. The van der Waals surface area contributed by atoms with Crippen LogP contribution in [0.3, 0.4) is 0 Å². The Bertz CT molecular complexity index is 1240. The van der Waals surface area contributed by atoms with E-state index in [9.17, 15) is 8.42 Å². The van der Waals surface area contributed by atoms with Gasteiger partial charge in [-0.05, 0) is 59.3 Å². The molecule has 0 saturated carbocycles. The standard InChI is InChI=1S/C22H18BrNO3S/c1-16-10-12-19(13-11-16)28(25,26)24-18(14-17-6-2-4-8-21(17)24)15-27-22-9-5-3-7-20(22)23/h2-14H,15H2,1H3. The summed E-state index contributed by atoms with van der Waals surface area (Å²) in [5.74, 6) is 0.659. The van der Waals surface area contributed by atoms with Crippen molar-refractivity contribution in [3.63, 3.8) is 0 Å². The molecule has 0 N–H and O–H groups in total. The zero-order valence-corrected chi connectivity index (χ0v) is 17.6. The maximum Gasteiger partial charge on any atom is 0.268 e. The summed E-state index contributed by atoms with van der Waals surface area (Å²) in [5.41, 5.74) is 2.21. The summed E-state index contributed by atoms with van der Waals surface area (Å²) in [5, 5.41) is 0.851. The van der Waals surface area contributed by atoms with Crippen molar-refractivity contribution >= 4 is 36.9 Å². The topological polar surface area (TPSA) is 48.3 Å². The summed E-state index contributed by atoms with van der Waals surface area (Å²) >= 11 is 3.46. The summed E-state index contributed by atoms with van der Waals surface area (Å²) in [6.07, 6.45) is 0. The van der Waals surface area contributed by atoms with Crippen LogP contribution in [0.2, 0.25) is 0 Å². The van der Waals surface area contributed by atoms with Crippen molar-refractivity contribution in [1.82, 2.24) is 3.97 Å². The van der Waals surface area contributed by atoms with Crippen molar-refractivity contribution in [2.24, 2.45) is 0 Å². The Balaban J connectivity index is 1.81. The predicted molar refractivity (Wildman–Crippen MR) is 114 cm³/mol. The maximum absolute atomic E-state index is 13.4.